The zero-order valence-electron chi connectivity index (χ0n) is 23.0. The van der Waals surface area contributed by atoms with Gasteiger partial charge in [0, 0.05) is 21.5 Å². The molecular weight excluding hydrogens is 614 g/mol. The number of rotatable bonds is 2. The van der Waals surface area contributed by atoms with Gasteiger partial charge in [0.25, 0.3) is 0 Å². The molecule has 7 rings (SSSR count). The van der Waals surface area contributed by atoms with Gasteiger partial charge in [-0.05, 0) is 92.3 Å². The lowest BCUT2D eigenvalue weighted by Gasteiger charge is -2.10. The molecule has 0 radical (unpaired) electrons. The van der Waals surface area contributed by atoms with Gasteiger partial charge in [-0.25, -0.2) is 8.78 Å². The first-order chi connectivity index (χ1) is 21.8. The minimum Gasteiger partial charge on any atom is -0.300 e. The maximum atomic E-state index is 14.3. The first-order valence-corrected chi connectivity index (χ1v) is 13.5. The van der Waals surface area contributed by atoms with Crippen molar-refractivity contribution in [2.24, 2.45) is 4.99 Å². The van der Waals surface area contributed by atoms with E-state index in [0.29, 0.717) is 66.3 Å². The molecule has 0 aliphatic carbocycles. The van der Waals surface area contributed by atoms with Gasteiger partial charge in [0.1, 0.15) is 11.6 Å². The summed E-state index contributed by atoms with van der Waals surface area (Å²) in [6, 6.07) is 18.7. The van der Waals surface area contributed by atoms with Gasteiger partial charge in [0.2, 0.25) is 6.19 Å². The Morgan fingerprint density at radius 1 is 0.500 bits per heavy atom. The van der Waals surface area contributed by atoms with Crippen LogP contribution in [0.1, 0.15) is 11.1 Å². The molecule has 0 heterocycles. The molecule has 0 bridgehead atoms. The van der Waals surface area contributed by atoms with Crippen LogP contribution in [-0.2, 0) is 12.4 Å². The van der Waals surface area contributed by atoms with E-state index in [1.165, 1.54) is 6.07 Å². The number of halogens is 8. The summed E-state index contributed by atoms with van der Waals surface area (Å²) in [7, 11) is 0. The van der Waals surface area contributed by atoms with Crippen LogP contribution in [0, 0.1) is 28.5 Å². The average Bonchev–Trinajstić information content (AvgIpc) is 3.45. The van der Waals surface area contributed by atoms with Crippen molar-refractivity contribution in [2.75, 3.05) is 0 Å². The lowest BCUT2D eigenvalue weighted by Crippen LogP contribution is -2.07. The van der Waals surface area contributed by atoms with Crippen molar-refractivity contribution in [1.82, 2.24) is 0 Å². The van der Waals surface area contributed by atoms with E-state index in [9.17, 15) is 40.4 Å². The SMILES string of the molecule is N#C/N=c1\c2cc(-c3ccc(C(F)(F)F)c(F)c3)ccc2c2cc3c(cc12)c(=N)c1cc(-c2ccc(C(F)(F)F)c(F)c2)ccc13. The quantitative estimate of drug-likeness (QED) is 0.150. The zero-order chi connectivity index (χ0) is 32.7. The first kappa shape index (κ1) is 29.1. The van der Waals surface area contributed by atoms with Crippen molar-refractivity contribution in [3.63, 3.8) is 0 Å². The Hall–Kier alpha value is -5.63. The molecule has 0 saturated heterocycles. The van der Waals surface area contributed by atoms with Gasteiger partial charge in [0.05, 0.1) is 21.8 Å². The predicted octanol–water partition coefficient (Wildman–Crippen LogP) is 9.69. The molecule has 0 atom stereocenters. The number of nitrogens with one attached hydrogen (secondary N) is 1. The standard InChI is InChI=1S/C35H15F8N3/c36-30-11-18(3-7-28(30)34(38,39)40)16-1-5-20-22-13-23-21-6-2-17(19-4-8-29(31(37)12-19)35(41,42)43)10-26(21)33(46-15-44)27(23)14-25(22)32(45)24(20)9-16/h1-14,45H/b45-32?,46-33+. The van der Waals surface area contributed by atoms with Crippen LogP contribution in [-0.4, -0.2) is 0 Å². The molecule has 0 unspecified atom stereocenters. The maximum Gasteiger partial charge on any atom is 0.419 e. The third kappa shape index (κ3) is 4.48. The molecule has 226 valence electrons. The second kappa shape index (κ2) is 9.94. The largest absolute Gasteiger partial charge is 0.419 e. The normalized spacial score (nSPS) is 13.0. The number of alkyl halides is 6. The fraction of sp³-hybridized carbons (Fsp3) is 0.0571. The number of hydrogen-bond acceptors (Lipinski definition) is 3. The van der Waals surface area contributed by atoms with Crippen LogP contribution in [0.15, 0.2) is 89.9 Å². The molecule has 1 N–H and O–H groups in total. The van der Waals surface area contributed by atoms with E-state index in [2.05, 4.69) is 4.99 Å². The molecule has 11 heteroatoms. The van der Waals surface area contributed by atoms with Crippen LogP contribution in [0.25, 0.3) is 65.3 Å². The molecule has 0 amide bonds. The Morgan fingerprint density at radius 3 is 1.39 bits per heavy atom. The minimum atomic E-state index is -4.84. The van der Waals surface area contributed by atoms with E-state index in [1.54, 1.807) is 48.7 Å². The number of nitrogens with zero attached hydrogens (tertiary/aromatic N) is 2. The van der Waals surface area contributed by atoms with E-state index in [4.69, 9.17) is 5.41 Å². The third-order valence-corrected chi connectivity index (χ3v) is 8.20. The molecule has 0 fully saturated rings. The van der Waals surface area contributed by atoms with Crippen molar-refractivity contribution in [1.29, 1.82) is 10.7 Å². The number of benzene rings is 5. The highest BCUT2D eigenvalue weighted by atomic mass is 19.4. The second-order valence-corrected chi connectivity index (χ2v) is 10.8. The molecular formula is C35H15F8N3. The summed E-state index contributed by atoms with van der Waals surface area (Å²) in [6.45, 7) is 0. The highest BCUT2D eigenvalue weighted by Gasteiger charge is 2.35. The van der Waals surface area contributed by atoms with E-state index in [-0.39, 0.29) is 21.8 Å². The Labute approximate surface area is 253 Å². The van der Waals surface area contributed by atoms with Crippen LogP contribution in [0.4, 0.5) is 35.1 Å². The van der Waals surface area contributed by atoms with E-state index < -0.39 is 35.1 Å². The smallest absolute Gasteiger partial charge is 0.300 e. The van der Waals surface area contributed by atoms with Crippen molar-refractivity contribution >= 4 is 43.1 Å². The Morgan fingerprint density at radius 2 is 0.891 bits per heavy atom. The molecule has 3 nitrogen and oxygen atoms in total. The predicted molar refractivity (Wildman–Crippen MR) is 157 cm³/mol. The lowest BCUT2D eigenvalue weighted by molar-refractivity contribution is -0.140. The molecule has 0 aliphatic heterocycles. The molecule has 46 heavy (non-hydrogen) atoms. The summed E-state index contributed by atoms with van der Waals surface area (Å²) < 4.78 is 107. The molecule has 0 aliphatic rings. The fourth-order valence-corrected chi connectivity index (χ4v) is 6.08. The van der Waals surface area contributed by atoms with Crippen LogP contribution in [0.5, 0.6) is 0 Å². The van der Waals surface area contributed by atoms with Crippen molar-refractivity contribution < 1.29 is 35.1 Å². The zero-order valence-corrected chi connectivity index (χ0v) is 23.0. The third-order valence-electron chi connectivity index (χ3n) is 8.20. The first-order valence-electron chi connectivity index (χ1n) is 13.5. The highest BCUT2D eigenvalue weighted by Crippen LogP contribution is 2.38. The van der Waals surface area contributed by atoms with Gasteiger partial charge in [-0.2, -0.15) is 36.6 Å². The average molecular weight is 630 g/mol. The maximum absolute atomic E-state index is 14.3. The summed E-state index contributed by atoms with van der Waals surface area (Å²) in [5, 5.41) is 23.5. The van der Waals surface area contributed by atoms with E-state index in [0.717, 1.165) is 18.2 Å². The Bertz CT molecular complexity index is 2560. The molecule has 0 spiro atoms. The molecule has 7 aromatic carbocycles. The van der Waals surface area contributed by atoms with Crippen LogP contribution < -0.4 is 10.7 Å². The van der Waals surface area contributed by atoms with Crippen molar-refractivity contribution in [3.8, 4) is 28.4 Å². The van der Waals surface area contributed by atoms with E-state index >= 15 is 0 Å². The van der Waals surface area contributed by atoms with Gasteiger partial charge < -0.3 is 0 Å². The summed E-state index contributed by atoms with van der Waals surface area (Å²) in [5.41, 5.74) is -1.53. The highest BCUT2D eigenvalue weighted by molar-refractivity contribution is 6.21. The van der Waals surface area contributed by atoms with Crippen LogP contribution in [0.2, 0.25) is 0 Å². The Balaban J connectivity index is 1.40. The minimum absolute atomic E-state index is 0.107. The molecule has 7 aromatic rings. The summed E-state index contributed by atoms with van der Waals surface area (Å²) in [6.07, 6.45) is -7.91. The van der Waals surface area contributed by atoms with E-state index in [1.807, 2.05) is 6.07 Å². The van der Waals surface area contributed by atoms with Gasteiger partial charge in [-0.3, -0.25) is 5.41 Å². The van der Waals surface area contributed by atoms with Crippen molar-refractivity contribution in [2.45, 2.75) is 12.4 Å². The number of hydrogen-bond donors (Lipinski definition) is 1. The topological polar surface area (TPSA) is 60.0 Å². The monoisotopic (exact) mass is 629 g/mol. The Kier molecular flexibility index (Phi) is 6.29. The molecule has 0 aromatic heterocycles. The fourth-order valence-electron chi connectivity index (χ4n) is 6.08. The number of nitriles is 1. The van der Waals surface area contributed by atoms with Gasteiger partial charge >= 0.3 is 12.4 Å². The van der Waals surface area contributed by atoms with Gasteiger partial charge in [0.15, 0.2) is 0 Å². The summed E-state index contributed by atoms with van der Waals surface area (Å²) in [5.74, 6) is -2.82. The van der Waals surface area contributed by atoms with Crippen LogP contribution >= 0.6 is 0 Å². The van der Waals surface area contributed by atoms with Gasteiger partial charge in [-0.15, -0.1) is 0 Å². The van der Waals surface area contributed by atoms with Gasteiger partial charge in [-0.1, -0.05) is 36.4 Å². The number of fused-ring (bicyclic) bond motifs is 6. The lowest BCUT2D eigenvalue weighted by atomic mass is 10.00. The second-order valence-electron chi connectivity index (χ2n) is 10.8. The van der Waals surface area contributed by atoms with Crippen molar-refractivity contribution in [3.05, 3.63) is 118 Å². The molecule has 0 saturated carbocycles. The summed E-state index contributed by atoms with van der Waals surface area (Å²) >= 11 is 0. The van der Waals surface area contributed by atoms with Crippen LogP contribution in [0.3, 0.4) is 0 Å². The summed E-state index contributed by atoms with van der Waals surface area (Å²) in [4.78, 5) is 4.00.